The van der Waals surface area contributed by atoms with Crippen molar-refractivity contribution in [2.24, 2.45) is 0 Å². The lowest BCUT2D eigenvalue weighted by Gasteiger charge is -1.97. The molecule has 2 aromatic rings. The second kappa shape index (κ2) is 5.85. The number of methoxy groups -OCH3 is 1. The van der Waals surface area contributed by atoms with E-state index in [4.69, 9.17) is 10.7 Å². The van der Waals surface area contributed by atoms with Gasteiger partial charge in [-0.2, -0.15) is 0 Å². The highest BCUT2D eigenvalue weighted by Gasteiger charge is 2.25. The summed E-state index contributed by atoms with van der Waals surface area (Å²) in [6, 6.07) is 8.63. The summed E-state index contributed by atoms with van der Waals surface area (Å²) in [4.78, 5) is 12.0. The molecule has 1 heterocycles. The van der Waals surface area contributed by atoms with Crippen LogP contribution in [0.5, 0.6) is 0 Å². The molecular weight excluding hydrogens is 388 g/mol. The van der Waals surface area contributed by atoms with Gasteiger partial charge in [0, 0.05) is 20.0 Å². The number of thiophene rings is 1. The Kier molecular flexibility index (Phi) is 4.53. The Bertz CT molecular complexity index is 750. The van der Waals surface area contributed by atoms with Gasteiger partial charge in [0.05, 0.1) is 7.11 Å². The quantitative estimate of drug-likeness (QED) is 0.584. The van der Waals surface area contributed by atoms with E-state index >= 15 is 0 Å². The molecule has 0 saturated carbocycles. The normalized spacial score (nSPS) is 11.3. The van der Waals surface area contributed by atoms with Crippen LogP contribution in [0, 0.1) is 0 Å². The highest BCUT2D eigenvalue weighted by atomic mass is 79.9. The third-order valence-electron chi connectivity index (χ3n) is 2.46. The van der Waals surface area contributed by atoms with E-state index in [2.05, 4.69) is 20.7 Å². The van der Waals surface area contributed by atoms with Gasteiger partial charge in [-0.1, -0.05) is 28.1 Å². The van der Waals surface area contributed by atoms with Crippen molar-refractivity contribution in [2.75, 3.05) is 7.11 Å². The Balaban J connectivity index is 2.60. The first kappa shape index (κ1) is 15.5. The number of benzene rings is 1. The zero-order valence-corrected chi connectivity index (χ0v) is 14.1. The number of halogens is 2. The van der Waals surface area contributed by atoms with Gasteiger partial charge in [0.1, 0.15) is 9.77 Å². The van der Waals surface area contributed by atoms with Crippen LogP contribution in [0.4, 0.5) is 0 Å². The number of esters is 1. The zero-order chi connectivity index (χ0) is 14.9. The van der Waals surface area contributed by atoms with E-state index in [0.717, 1.165) is 21.4 Å². The van der Waals surface area contributed by atoms with Crippen LogP contribution in [-0.2, 0) is 13.8 Å². The molecule has 1 aromatic carbocycles. The van der Waals surface area contributed by atoms with Crippen molar-refractivity contribution in [2.45, 2.75) is 4.90 Å². The second-order valence-electron chi connectivity index (χ2n) is 3.74. The molecule has 0 atom stereocenters. The molecule has 4 nitrogen and oxygen atoms in total. The summed E-state index contributed by atoms with van der Waals surface area (Å²) in [5.74, 6) is -0.724. The van der Waals surface area contributed by atoms with E-state index in [1.165, 1.54) is 13.2 Å². The molecular formula is C12H8BrClO4S2. The van der Waals surface area contributed by atoms with Crippen LogP contribution in [0.25, 0.3) is 10.4 Å². The first-order chi connectivity index (χ1) is 9.32. The predicted molar refractivity (Wildman–Crippen MR) is 81.8 cm³/mol. The van der Waals surface area contributed by atoms with Crippen LogP contribution < -0.4 is 0 Å². The lowest BCUT2D eigenvalue weighted by Crippen LogP contribution is -2.03. The van der Waals surface area contributed by atoms with Gasteiger partial charge in [0.25, 0.3) is 9.05 Å². The summed E-state index contributed by atoms with van der Waals surface area (Å²) in [5, 5.41) is 0. The van der Waals surface area contributed by atoms with E-state index in [1.54, 1.807) is 0 Å². The van der Waals surface area contributed by atoms with Crippen molar-refractivity contribution in [1.29, 1.82) is 0 Å². The molecule has 0 radical (unpaired) electrons. The fourth-order valence-corrected chi connectivity index (χ4v) is 4.38. The van der Waals surface area contributed by atoms with Crippen LogP contribution in [0.3, 0.4) is 0 Å². The molecule has 2 rings (SSSR count). The summed E-state index contributed by atoms with van der Waals surface area (Å²) in [6.07, 6.45) is 0. The Morgan fingerprint density at radius 2 is 1.90 bits per heavy atom. The van der Waals surface area contributed by atoms with Crippen LogP contribution in [0.2, 0.25) is 0 Å². The molecule has 20 heavy (non-hydrogen) atoms. The molecule has 0 aliphatic rings. The molecule has 0 spiro atoms. The molecule has 0 aliphatic heterocycles. The van der Waals surface area contributed by atoms with Gasteiger partial charge < -0.3 is 4.74 Å². The lowest BCUT2D eigenvalue weighted by molar-refractivity contribution is 0.0602. The summed E-state index contributed by atoms with van der Waals surface area (Å²) < 4.78 is 28.5. The van der Waals surface area contributed by atoms with Crippen LogP contribution >= 0.6 is 37.9 Å². The summed E-state index contributed by atoms with van der Waals surface area (Å²) in [6.45, 7) is 0. The smallest absolute Gasteiger partial charge is 0.349 e. The SMILES string of the molecule is COC(=O)c1sc(-c2ccc(Br)cc2)cc1S(=O)(=O)Cl. The minimum atomic E-state index is -4.01. The number of carbonyl (C=O) groups excluding carboxylic acids is 1. The van der Waals surface area contributed by atoms with Crippen molar-refractivity contribution in [3.05, 3.63) is 39.7 Å². The first-order valence-electron chi connectivity index (χ1n) is 5.25. The Labute approximate surface area is 132 Å². The minimum Gasteiger partial charge on any atom is -0.465 e. The minimum absolute atomic E-state index is 0.0274. The number of hydrogen-bond donors (Lipinski definition) is 0. The van der Waals surface area contributed by atoms with Gasteiger partial charge in [-0.25, -0.2) is 13.2 Å². The van der Waals surface area contributed by atoms with Crippen LogP contribution in [-0.4, -0.2) is 21.5 Å². The van der Waals surface area contributed by atoms with E-state index in [1.807, 2.05) is 24.3 Å². The standard InChI is InChI=1S/C12H8BrClO4S2/c1-18-12(15)11-10(20(14,16)17)6-9(19-11)7-2-4-8(13)5-3-7/h2-6H,1H3. The molecule has 0 saturated heterocycles. The molecule has 0 unspecified atom stereocenters. The average molecular weight is 396 g/mol. The largest absolute Gasteiger partial charge is 0.465 e. The van der Waals surface area contributed by atoms with Gasteiger partial charge in [-0.3, -0.25) is 0 Å². The lowest BCUT2D eigenvalue weighted by atomic mass is 10.2. The second-order valence-corrected chi connectivity index (χ2v) is 8.24. The maximum atomic E-state index is 11.6. The molecule has 0 fully saturated rings. The molecule has 0 amide bonds. The fourth-order valence-electron chi connectivity index (χ4n) is 1.55. The van der Waals surface area contributed by atoms with Gasteiger partial charge >= 0.3 is 5.97 Å². The zero-order valence-electron chi connectivity index (χ0n) is 10.1. The average Bonchev–Trinajstić information content (AvgIpc) is 2.83. The Hall–Kier alpha value is -0.890. The number of carbonyl (C=O) groups is 1. The molecule has 106 valence electrons. The van der Waals surface area contributed by atoms with Gasteiger partial charge in [0.15, 0.2) is 0 Å². The van der Waals surface area contributed by atoms with Crippen molar-refractivity contribution in [3.63, 3.8) is 0 Å². The molecule has 8 heteroatoms. The molecule has 0 aliphatic carbocycles. The topological polar surface area (TPSA) is 60.4 Å². The van der Waals surface area contributed by atoms with Crippen molar-refractivity contribution in [3.8, 4) is 10.4 Å². The first-order valence-corrected chi connectivity index (χ1v) is 9.17. The van der Waals surface area contributed by atoms with E-state index in [9.17, 15) is 13.2 Å². The van der Waals surface area contributed by atoms with Crippen molar-refractivity contribution < 1.29 is 17.9 Å². The highest BCUT2D eigenvalue weighted by molar-refractivity contribution is 9.10. The Morgan fingerprint density at radius 1 is 1.30 bits per heavy atom. The fraction of sp³-hybridized carbons (Fsp3) is 0.0833. The van der Waals surface area contributed by atoms with E-state index in [-0.39, 0.29) is 9.77 Å². The summed E-state index contributed by atoms with van der Waals surface area (Å²) in [5.41, 5.74) is 0.787. The van der Waals surface area contributed by atoms with Crippen molar-refractivity contribution >= 4 is 53.0 Å². The highest BCUT2D eigenvalue weighted by Crippen LogP contribution is 2.36. The van der Waals surface area contributed by atoms with E-state index in [0.29, 0.717) is 4.88 Å². The number of rotatable bonds is 3. The summed E-state index contributed by atoms with van der Waals surface area (Å²) in [7, 11) is 2.53. The monoisotopic (exact) mass is 394 g/mol. The van der Waals surface area contributed by atoms with E-state index < -0.39 is 15.0 Å². The number of ether oxygens (including phenoxy) is 1. The van der Waals surface area contributed by atoms with Gasteiger partial charge in [-0.05, 0) is 23.8 Å². The predicted octanol–water partition coefficient (Wildman–Crippen LogP) is 3.89. The molecule has 0 bridgehead atoms. The van der Waals surface area contributed by atoms with Crippen molar-refractivity contribution in [1.82, 2.24) is 0 Å². The number of hydrogen-bond acceptors (Lipinski definition) is 5. The van der Waals surface area contributed by atoms with Crippen LogP contribution in [0.15, 0.2) is 39.7 Å². The van der Waals surface area contributed by atoms with Crippen LogP contribution in [0.1, 0.15) is 9.67 Å². The van der Waals surface area contributed by atoms with Gasteiger partial charge in [0.2, 0.25) is 0 Å². The Morgan fingerprint density at radius 3 is 2.40 bits per heavy atom. The van der Waals surface area contributed by atoms with Gasteiger partial charge in [-0.15, -0.1) is 11.3 Å². The maximum Gasteiger partial charge on any atom is 0.349 e. The molecule has 0 N–H and O–H groups in total. The summed E-state index contributed by atoms with van der Waals surface area (Å²) >= 11 is 4.34. The third-order valence-corrected chi connectivity index (χ3v) is 5.63. The maximum absolute atomic E-state index is 11.6. The molecule has 1 aromatic heterocycles. The third kappa shape index (κ3) is 3.22.